The minimum atomic E-state index is -3.29. The summed E-state index contributed by atoms with van der Waals surface area (Å²) >= 11 is 0. The highest BCUT2D eigenvalue weighted by molar-refractivity contribution is 6.16. The zero-order valence-electron chi connectivity index (χ0n) is 26.9. The summed E-state index contributed by atoms with van der Waals surface area (Å²) in [4.78, 5) is 31.2. The smallest absolute Gasteiger partial charge is 0.298 e. The molecular weight excluding hydrogens is 590 g/mol. The van der Waals surface area contributed by atoms with Crippen LogP contribution < -0.4 is 19.1 Å². The Morgan fingerprint density at radius 3 is 1.89 bits per heavy atom. The van der Waals surface area contributed by atoms with Crippen molar-refractivity contribution in [3.63, 3.8) is 0 Å². The molecule has 1 amide bonds. The third kappa shape index (κ3) is 6.83. The number of anilines is 1. The second-order valence-corrected chi connectivity index (χ2v) is 12.3. The number of carbonyl (C=O) groups excluding carboxylic acids is 2. The lowest BCUT2D eigenvalue weighted by Crippen LogP contribution is -2.70. The minimum Gasteiger partial charge on any atom is -0.493 e. The third-order valence-corrected chi connectivity index (χ3v) is 9.54. The van der Waals surface area contributed by atoms with Crippen LogP contribution in [-0.4, -0.2) is 69.0 Å². The number of nitrogens with zero attached hydrogens (tertiary/aromatic N) is 2. The van der Waals surface area contributed by atoms with Crippen molar-refractivity contribution in [3.8, 4) is 17.2 Å². The lowest BCUT2D eigenvalue weighted by Gasteiger charge is -2.49. The predicted octanol–water partition coefficient (Wildman–Crippen LogP) is 6.76. The van der Waals surface area contributed by atoms with Gasteiger partial charge in [0, 0.05) is 37.0 Å². The standard InChI is InChI=1S/C37H44F2N2O5/c1-44-31-22-30(23-32(45-2)33(31)46-3)41-29-20-21-37(41,34(42)35(38)39)36(43)40(25-29)24-28(18-10-16-26-12-6-4-7-13-26)19-11-17-27-14-8-5-9-15-27/h4-9,12-15,22-23,28-29,35H,10-11,16-21,24-25H2,1-3H3/t29-,37+/m1/s1. The van der Waals surface area contributed by atoms with E-state index in [1.165, 1.54) is 32.5 Å². The molecule has 2 fully saturated rings. The average molecular weight is 635 g/mol. The fraction of sp³-hybridized carbons (Fsp3) is 0.459. The summed E-state index contributed by atoms with van der Waals surface area (Å²) in [6, 6.07) is 23.6. The molecule has 9 heteroatoms. The number of amides is 1. The Bertz CT molecular complexity index is 1400. The van der Waals surface area contributed by atoms with E-state index >= 15 is 0 Å². The van der Waals surface area contributed by atoms with Crippen molar-refractivity contribution in [1.29, 1.82) is 0 Å². The van der Waals surface area contributed by atoms with Crippen LogP contribution >= 0.6 is 0 Å². The predicted molar refractivity (Wildman–Crippen MR) is 174 cm³/mol. The maximum Gasteiger partial charge on any atom is 0.298 e. The highest BCUT2D eigenvalue weighted by atomic mass is 19.3. The molecule has 0 aromatic heterocycles. The molecule has 2 atom stereocenters. The van der Waals surface area contributed by atoms with Gasteiger partial charge in [0.1, 0.15) is 0 Å². The van der Waals surface area contributed by atoms with Crippen LogP contribution in [0.25, 0.3) is 0 Å². The number of hydrogen-bond acceptors (Lipinski definition) is 6. The molecule has 2 saturated heterocycles. The second kappa shape index (κ2) is 15.0. The van der Waals surface area contributed by atoms with Gasteiger partial charge in [-0.05, 0) is 68.4 Å². The quantitative estimate of drug-likeness (QED) is 0.162. The number of benzene rings is 3. The molecule has 2 bridgehead atoms. The van der Waals surface area contributed by atoms with Crippen LogP contribution in [0.1, 0.15) is 49.7 Å². The molecule has 46 heavy (non-hydrogen) atoms. The van der Waals surface area contributed by atoms with E-state index in [2.05, 4.69) is 24.3 Å². The van der Waals surface area contributed by atoms with Crippen LogP contribution in [0.5, 0.6) is 17.2 Å². The van der Waals surface area contributed by atoms with Crippen molar-refractivity contribution in [2.24, 2.45) is 5.92 Å². The van der Waals surface area contributed by atoms with Gasteiger partial charge < -0.3 is 24.0 Å². The van der Waals surface area contributed by atoms with Crippen molar-refractivity contribution < 1.29 is 32.6 Å². The van der Waals surface area contributed by atoms with Crippen molar-refractivity contribution in [2.45, 2.75) is 69.4 Å². The zero-order valence-corrected chi connectivity index (χ0v) is 26.9. The summed E-state index contributed by atoms with van der Waals surface area (Å²) in [5.41, 5.74) is 0.946. The number of fused-ring (bicyclic) bond motifs is 2. The maximum atomic E-state index is 14.4. The number of methoxy groups -OCH3 is 3. The van der Waals surface area contributed by atoms with Gasteiger partial charge in [0.05, 0.1) is 21.3 Å². The van der Waals surface area contributed by atoms with E-state index in [1.807, 2.05) is 36.4 Å². The fourth-order valence-electron chi connectivity index (χ4n) is 7.36. The third-order valence-electron chi connectivity index (χ3n) is 9.54. The molecule has 5 rings (SSSR count). The monoisotopic (exact) mass is 634 g/mol. The number of likely N-dealkylation sites (tertiary alicyclic amines) is 1. The fourth-order valence-corrected chi connectivity index (χ4v) is 7.36. The van der Waals surface area contributed by atoms with Gasteiger partial charge in [-0.2, -0.15) is 0 Å². The Kier molecular flexibility index (Phi) is 10.8. The summed E-state index contributed by atoms with van der Waals surface area (Å²) in [6.07, 6.45) is 2.71. The molecule has 3 aromatic carbocycles. The summed E-state index contributed by atoms with van der Waals surface area (Å²) < 4.78 is 45.2. The summed E-state index contributed by atoms with van der Waals surface area (Å²) in [6.45, 7) is 0.780. The van der Waals surface area contributed by atoms with Crippen LogP contribution in [0.15, 0.2) is 72.8 Å². The van der Waals surface area contributed by atoms with E-state index in [0.29, 0.717) is 42.4 Å². The number of halogens is 2. The Morgan fingerprint density at radius 2 is 1.41 bits per heavy atom. The van der Waals surface area contributed by atoms with Gasteiger partial charge in [-0.1, -0.05) is 60.7 Å². The molecule has 3 aromatic rings. The number of carbonyl (C=O) groups is 2. The number of rotatable bonds is 16. The summed E-state index contributed by atoms with van der Waals surface area (Å²) in [7, 11) is 4.41. The van der Waals surface area contributed by atoms with Crippen molar-refractivity contribution >= 4 is 17.4 Å². The molecule has 0 radical (unpaired) electrons. The molecular formula is C37H44F2N2O5. The van der Waals surface area contributed by atoms with Gasteiger partial charge in [0.25, 0.3) is 12.3 Å². The van der Waals surface area contributed by atoms with Gasteiger partial charge in [-0.3, -0.25) is 9.59 Å². The Morgan fingerprint density at radius 1 is 0.870 bits per heavy atom. The topological polar surface area (TPSA) is 68.3 Å². The molecule has 0 spiro atoms. The van der Waals surface area contributed by atoms with E-state index in [-0.39, 0.29) is 18.4 Å². The number of hydrogen-bond donors (Lipinski definition) is 0. The highest BCUT2D eigenvalue weighted by Gasteiger charge is 2.63. The van der Waals surface area contributed by atoms with E-state index in [0.717, 1.165) is 38.5 Å². The molecule has 2 heterocycles. The van der Waals surface area contributed by atoms with E-state index in [4.69, 9.17) is 14.2 Å². The first kappa shape index (κ1) is 33.2. The summed E-state index contributed by atoms with van der Waals surface area (Å²) in [5, 5.41) is 0. The SMILES string of the molecule is COc1cc(N2[C@@H]3CC[C@]2(C(=O)C(F)F)C(=O)N(CC(CCCc2ccccc2)CCCc2ccccc2)C3)cc(OC)c1OC. The zero-order chi connectivity index (χ0) is 32.7. The molecule has 0 saturated carbocycles. The number of ketones is 1. The largest absolute Gasteiger partial charge is 0.493 e. The van der Waals surface area contributed by atoms with Crippen LogP contribution in [0, 0.1) is 5.92 Å². The highest BCUT2D eigenvalue weighted by Crippen LogP contribution is 2.49. The Balaban J connectivity index is 1.41. The van der Waals surface area contributed by atoms with E-state index < -0.39 is 23.7 Å². The lowest BCUT2D eigenvalue weighted by atomic mass is 9.86. The molecule has 7 nitrogen and oxygen atoms in total. The molecule has 2 aliphatic heterocycles. The first-order valence-electron chi connectivity index (χ1n) is 16.1. The molecule has 0 unspecified atom stereocenters. The van der Waals surface area contributed by atoms with Gasteiger partial charge in [-0.15, -0.1) is 0 Å². The number of piperazine rings is 1. The van der Waals surface area contributed by atoms with Crippen molar-refractivity contribution in [3.05, 3.63) is 83.9 Å². The molecule has 246 valence electrons. The first-order chi connectivity index (χ1) is 22.3. The van der Waals surface area contributed by atoms with Gasteiger partial charge in [-0.25, -0.2) is 8.78 Å². The van der Waals surface area contributed by atoms with Gasteiger partial charge in [0.2, 0.25) is 11.5 Å². The molecule has 0 aliphatic carbocycles. The number of Topliss-reactive ketones (excluding diaryl/α,β-unsaturated/α-hetero) is 1. The van der Waals surface area contributed by atoms with Crippen LogP contribution in [0.4, 0.5) is 14.5 Å². The molecule has 2 aliphatic rings. The number of alkyl halides is 2. The Labute approximate surface area is 270 Å². The van der Waals surface area contributed by atoms with E-state index in [1.54, 1.807) is 21.9 Å². The first-order valence-corrected chi connectivity index (χ1v) is 16.1. The normalized spacial score (nSPS) is 19.2. The second-order valence-electron chi connectivity index (χ2n) is 12.3. The summed E-state index contributed by atoms with van der Waals surface area (Å²) in [5.74, 6) is -0.749. The van der Waals surface area contributed by atoms with Gasteiger partial charge in [0.15, 0.2) is 17.0 Å². The maximum absolute atomic E-state index is 14.4. The van der Waals surface area contributed by atoms with Crippen molar-refractivity contribution in [2.75, 3.05) is 39.3 Å². The molecule has 0 N–H and O–H groups in total. The van der Waals surface area contributed by atoms with E-state index in [9.17, 15) is 18.4 Å². The Hall–Kier alpha value is -4.14. The lowest BCUT2D eigenvalue weighted by molar-refractivity contribution is -0.150. The van der Waals surface area contributed by atoms with Crippen LogP contribution in [0.2, 0.25) is 0 Å². The number of aryl methyl sites for hydroxylation is 2. The van der Waals surface area contributed by atoms with Crippen LogP contribution in [0.3, 0.4) is 0 Å². The number of ether oxygens (including phenoxy) is 3. The van der Waals surface area contributed by atoms with Gasteiger partial charge >= 0.3 is 0 Å². The van der Waals surface area contributed by atoms with Crippen LogP contribution in [-0.2, 0) is 22.4 Å². The average Bonchev–Trinajstić information content (AvgIpc) is 3.40. The minimum absolute atomic E-state index is 0.0273. The van der Waals surface area contributed by atoms with Crippen molar-refractivity contribution in [1.82, 2.24) is 4.90 Å².